The van der Waals surface area contributed by atoms with Gasteiger partial charge >= 0.3 is 0 Å². The summed E-state index contributed by atoms with van der Waals surface area (Å²) in [7, 11) is 0. The van der Waals surface area contributed by atoms with Gasteiger partial charge in [0.25, 0.3) is 0 Å². The normalized spacial score (nSPS) is 10.3. The third-order valence-corrected chi connectivity index (χ3v) is 3.99. The molecule has 0 amide bonds. The highest BCUT2D eigenvalue weighted by Crippen LogP contribution is 2.29. The van der Waals surface area contributed by atoms with Crippen molar-refractivity contribution in [1.29, 1.82) is 0 Å². The molecule has 0 fully saturated rings. The fraction of sp³-hybridized carbons (Fsp3) is 0. The van der Waals surface area contributed by atoms with Crippen molar-refractivity contribution in [2.24, 2.45) is 0 Å². The number of hydrogen-bond donors (Lipinski definition) is 0. The molecule has 2 rings (SSSR count). The van der Waals surface area contributed by atoms with Gasteiger partial charge in [-0.05, 0) is 64.0 Å². The lowest BCUT2D eigenvalue weighted by molar-refractivity contribution is 1.54. The van der Waals surface area contributed by atoms with E-state index in [2.05, 4.69) is 90.8 Å². The molecule has 2 aromatic rings. The van der Waals surface area contributed by atoms with Crippen LogP contribution in [0.15, 0.2) is 51.4 Å². The van der Waals surface area contributed by atoms with E-state index in [0.29, 0.717) is 0 Å². The quantitative estimate of drug-likeness (QED) is 0.518. The molecule has 0 aromatic heterocycles. The lowest BCUT2D eigenvalue weighted by Crippen LogP contribution is -1.82. The molecule has 76 valence electrons. The van der Waals surface area contributed by atoms with E-state index in [1.165, 1.54) is 14.7 Å². The van der Waals surface area contributed by atoms with Crippen LogP contribution in [0, 0.1) is 3.57 Å². The van der Waals surface area contributed by atoms with Crippen molar-refractivity contribution < 1.29 is 0 Å². The van der Waals surface area contributed by atoms with Crippen molar-refractivity contribution in [1.82, 2.24) is 0 Å². The molecular formula is C12H7Br2I. The summed E-state index contributed by atoms with van der Waals surface area (Å²) in [5.74, 6) is 0. The molecule has 0 heterocycles. The standard InChI is InChI=1S/C12H7Br2I/c13-9-3-1-2-8(6-9)11-7-10(14)4-5-12(11)15/h1-7H. The fourth-order valence-corrected chi connectivity index (χ4v) is 2.78. The minimum absolute atomic E-state index is 1.11. The Balaban J connectivity index is 2.58. The average Bonchev–Trinajstić information content (AvgIpc) is 2.22. The molecule has 0 unspecified atom stereocenters. The first-order valence-electron chi connectivity index (χ1n) is 4.38. The Morgan fingerprint density at radius 1 is 0.867 bits per heavy atom. The van der Waals surface area contributed by atoms with Gasteiger partial charge < -0.3 is 0 Å². The average molecular weight is 438 g/mol. The van der Waals surface area contributed by atoms with Crippen molar-refractivity contribution in [2.75, 3.05) is 0 Å². The predicted octanol–water partition coefficient (Wildman–Crippen LogP) is 5.48. The van der Waals surface area contributed by atoms with Crippen molar-refractivity contribution in [3.8, 4) is 11.1 Å². The zero-order valence-corrected chi connectivity index (χ0v) is 13.0. The minimum atomic E-state index is 1.11. The van der Waals surface area contributed by atoms with Crippen LogP contribution in [-0.2, 0) is 0 Å². The zero-order chi connectivity index (χ0) is 10.8. The topological polar surface area (TPSA) is 0 Å². The Bertz CT molecular complexity index is 495. The monoisotopic (exact) mass is 436 g/mol. The van der Waals surface area contributed by atoms with Crippen LogP contribution in [0.1, 0.15) is 0 Å². The second-order valence-electron chi connectivity index (χ2n) is 3.13. The maximum atomic E-state index is 3.50. The van der Waals surface area contributed by atoms with Gasteiger partial charge in [0.05, 0.1) is 0 Å². The predicted molar refractivity (Wildman–Crippen MR) is 80.0 cm³/mol. The first-order chi connectivity index (χ1) is 7.16. The van der Waals surface area contributed by atoms with Crippen molar-refractivity contribution in [2.45, 2.75) is 0 Å². The van der Waals surface area contributed by atoms with E-state index in [1.54, 1.807) is 0 Å². The SMILES string of the molecule is Brc1cccc(-c2cc(Br)ccc2I)c1. The Kier molecular flexibility index (Phi) is 3.85. The molecule has 0 N–H and O–H groups in total. The molecule has 0 spiro atoms. The van der Waals surface area contributed by atoms with Crippen molar-refractivity contribution in [3.63, 3.8) is 0 Å². The smallest absolute Gasteiger partial charge is 0.0209 e. The van der Waals surface area contributed by atoms with Crippen LogP contribution in [0.25, 0.3) is 11.1 Å². The van der Waals surface area contributed by atoms with Crippen LogP contribution in [0.5, 0.6) is 0 Å². The van der Waals surface area contributed by atoms with E-state index in [1.807, 2.05) is 6.07 Å². The number of halogens is 3. The Morgan fingerprint density at radius 2 is 1.60 bits per heavy atom. The molecule has 0 nitrogen and oxygen atoms in total. The highest BCUT2D eigenvalue weighted by molar-refractivity contribution is 14.1. The maximum Gasteiger partial charge on any atom is 0.0209 e. The number of hydrogen-bond acceptors (Lipinski definition) is 0. The van der Waals surface area contributed by atoms with Crippen molar-refractivity contribution >= 4 is 54.5 Å². The van der Waals surface area contributed by atoms with Crippen LogP contribution in [0.2, 0.25) is 0 Å². The Morgan fingerprint density at radius 3 is 2.33 bits per heavy atom. The van der Waals surface area contributed by atoms with Crippen LogP contribution in [-0.4, -0.2) is 0 Å². The van der Waals surface area contributed by atoms with E-state index in [4.69, 9.17) is 0 Å². The largest absolute Gasteiger partial charge is 0.0605 e. The molecule has 0 aliphatic carbocycles. The molecule has 0 saturated heterocycles. The van der Waals surface area contributed by atoms with Gasteiger partial charge in [0.1, 0.15) is 0 Å². The summed E-state index contributed by atoms with van der Waals surface area (Å²) in [6.07, 6.45) is 0. The molecule has 3 heteroatoms. The number of benzene rings is 2. The molecule has 0 aliphatic heterocycles. The summed E-state index contributed by atoms with van der Waals surface area (Å²) in [6.45, 7) is 0. The van der Waals surface area contributed by atoms with Gasteiger partial charge in [-0.15, -0.1) is 0 Å². The summed E-state index contributed by atoms with van der Waals surface area (Å²) in [5, 5.41) is 0. The van der Waals surface area contributed by atoms with Gasteiger partial charge in [0.15, 0.2) is 0 Å². The maximum absolute atomic E-state index is 3.50. The van der Waals surface area contributed by atoms with Gasteiger partial charge in [-0.2, -0.15) is 0 Å². The third kappa shape index (κ3) is 2.82. The van der Waals surface area contributed by atoms with Gasteiger partial charge in [0.2, 0.25) is 0 Å². The number of rotatable bonds is 1. The second kappa shape index (κ2) is 4.97. The van der Waals surface area contributed by atoms with Crippen LogP contribution in [0.3, 0.4) is 0 Å². The fourth-order valence-electron chi connectivity index (χ4n) is 1.37. The summed E-state index contributed by atoms with van der Waals surface area (Å²) in [5.41, 5.74) is 2.49. The van der Waals surface area contributed by atoms with Gasteiger partial charge in [0, 0.05) is 12.5 Å². The highest BCUT2D eigenvalue weighted by Gasteiger charge is 2.03. The lowest BCUT2D eigenvalue weighted by Gasteiger charge is -2.05. The van der Waals surface area contributed by atoms with Crippen LogP contribution in [0.4, 0.5) is 0 Å². The summed E-state index contributed by atoms with van der Waals surface area (Å²) >= 11 is 9.34. The Labute approximate surface area is 119 Å². The molecular weight excluding hydrogens is 431 g/mol. The zero-order valence-electron chi connectivity index (χ0n) is 7.68. The van der Waals surface area contributed by atoms with Crippen molar-refractivity contribution in [3.05, 3.63) is 55.0 Å². The molecule has 15 heavy (non-hydrogen) atoms. The van der Waals surface area contributed by atoms with Gasteiger partial charge in [-0.3, -0.25) is 0 Å². The second-order valence-corrected chi connectivity index (χ2v) is 6.13. The van der Waals surface area contributed by atoms with E-state index < -0.39 is 0 Å². The van der Waals surface area contributed by atoms with E-state index in [9.17, 15) is 0 Å². The van der Waals surface area contributed by atoms with Crippen LogP contribution >= 0.6 is 54.5 Å². The molecule has 0 saturated carbocycles. The summed E-state index contributed by atoms with van der Waals surface area (Å²) in [6, 6.07) is 14.6. The minimum Gasteiger partial charge on any atom is -0.0605 e. The highest BCUT2D eigenvalue weighted by atomic mass is 127. The molecule has 0 bridgehead atoms. The molecule has 0 aliphatic rings. The van der Waals surface area contributed by atoms with Gasteiger partial charge in [-0.1, -0.05) is 44.0 Å². The summed E-state index contributed by atoms with van der Waals surface area (Å²) in [4.78, 5) is 0. The molecule has 0 radical (unpaired) electrons. The van der Waals surface area contributed by atoms with E-state index in [0.717, 1.165) is 8.95 Å². The third-order valence-electron chi connectivity index (χ3n) is 2.06. The van der Waals surface area contributed by atoms with Gasteiger partial charge in [-0.25, -0.2) is 0 Å². The first kappa shape index (κ1) is 11.6. The van der Waals surface area contributed by atoms with Crippen LogP contribution < -0.4 is 0 Å². The first-order valence-corrected chi connectivity index (χ1v) is 7.04. The summed E-state index contributed by atoms with van der Waals surface area (Å²) < 4.78 is 3.47. The molecule has 2 aromatic carbocycles. The van der Waals surface area contributed by atoms with E-state index >= 15 is 0 Å². The lowest BCUT2D eigenvalue weighted by atomic mass is 10.1. The molecule has 0 atom stereocenters. The van der Waals surface area contributed by atoms with E-state index in [-0.39, 0.29) is 0 Å². The Hall–Kier alpha value is 0.130.